The minimum atomic E-state index is 0.136. The number of rotatable bonds is 4. The Kier molecular flexibility index (Phi) is 3.82. The Morgan fingerprint density at radius 1 is 1.29 bits per heavy atom. The third kappa shape index (κ3) is 3.32. The minimum absolute atomic E-state index is 0.136. The largest absolute Gasteiger partial charge is 0.356 e. The van der Waals surface area contributed by atoms with Crippen LogP contribution in [0.15, 0.2) is 18.2 Å². The molecule has 0 saturated heterocycles. The van der Waals surface area contributed by atoms with Crippen LogP contribution in [-0.4, -0.2) is 12.5 Å². The molecule has 1 aromatic rings. The quantitative estimate of drug-likeness (QED) is 0.847. The van der Waals surface area contributed by atoms with E-state index in [1.54, 1.807) is 0 Å². The van der Waals surface area contributed by atoms with Gasteiger partial charge >= 0.3 is 0 Å². The second-order valence-corrected chi connectivity index (χ2v) is 5.33. The number of fused-ring (bicyclic) bond motifs is 1. The lowest BCUT2D eigenvalue weighted by atomic mass is 10.0. The zero-order chi connectivity index (χ0) is 12.3. The number of benzene rings is 1. The Labute approximate surface area is 103 Å². The fraction of sp³-hybridized carbons (Fsp3) is 0.533. The third-order valence-electron chi connectivity index (χ3n) is 3.24. The van der Waals surface area contributed by atoms with Gasteiger partial charge in [-0.15, -0.1) is 0 Å². The van der Waals surface area contributed by atoms with Crippen molar-refractivity contribution in [3.63, 3.8) is 0 Å². The van der Waals surface area contributed by atoms with Crippen LogP contribution in [0.4, 0.5) is 0 Å². The van der Waals surface area contributed by atoms with Gasteiger partial charge in [-0.3, -0.25) is 4.79 Å². The highest BCUT2D eigenvalue weighted by molar-refractivity contribution is 5.78. The first kappa shape index (κ1) is 12.2. The summed E-state index contributed by atoms with van der Waals surface area (Å²) in [5.74, 6) is 0.649. The summed E-state index contributed by atoms with van der Waals surface area (Å²) in [6, 6.07) is 6.49. The molecule has 0 unspecified atom stereocenters. The summed E-state index contributed by atoms with van der Waals surface area (Å²) >= 11 is 0. The van der Waals surface area contributed by atoms with Crippen molar-refractivity contribution in [1.82, 2.24) is 5.32 Å². The zero-order valence-electron chi connectivity index (χ0n) is 10.8. The van der Waals surface area contributed by atoms with Gasteiger partial charge < -0.3 is 5.32 Å². The van der Waals surface area contributed by atoms with Gasteiger partial charge in [0, 0.05) is 6.54 Å². The monoisotopic (exact) mass is 231 g/mol. The molecule has 0 bridgehead atoms. The molecule has 2 heteroatoms. The first-order valence-corrected chi connectivity index (χ1v) is 6.52. The van der Waals surface area contributed by atoms with E-state index in [9.17, 15) is 4.79 Å². The number of carbonyl (C=O) groups excluding carboxylic acids is 1. The number of amides is 1. The SMILES string of the molecule is CC(C)CNC(=O)Cc1ccc2c(c1)CCC2. The standard InChI is InChI=1S/C15H21NO/c1-11(2)10-16-15(17)9-12-6-7-13-4-3-5-14(13)8-12/h6-8,11H,3-5,9-10H2,1-2H3,(H,16,17). The van der Waals surface area contributed by atoms with Crippen molar-refractivity contribution >= 4 is 5.91 Å². The fourth-order valence-corrected chi connectivity index (χ4v) is 2.30. The molecule has 2 rings (SSSR count). The van der Waals surface area contributed by atoms with Crippen LogP contribution in [0.1, 0.15) is 37.0 Å². The summed E-state index contributed by atoms with van der Waals surface area (Å²) in [4.78, 5) is 11.7. The first-order chi connectivity index (χ1) is 8.15. The first-order valence-electron chi connectivity index (χ1n) is 6.52. The van der Waals surface area contributed by atoms with Crippen molar-refractivity contribution in [2.75, 3.05) is 6.54 Å². The molecule has 0 aromatic heterocycles. The molecule has 1 amide bonds. The molecule has 0 heterocycles. The van der Waals surface area contributed by atoms with Gasteiger partial charge in [-0.2, -0.15) is 0 Å². The van der Waals surface area contributed by atoms with Crippen molar-refractivity contribution in [2.24, 2.45) is 5.92 Å². The van der Waals surface area contributed by atoms with Crippen LogP contribution >= 0.6 is 0 Å². The number of hydrogen-bond donors (Lipinski definition) is 1. The molecule has 2 nitrogen and oxygen atoms in total. The summed E-state index contributed by atoms with van der Waals surface area (Å²) in [6.45, 7) is 4.98. The number of nitrogens with one attached hydrogen (secondary N) is 1. The molecule has 1 aliphatic carbocycles. The smallest absolute Gasteiger partial charge is 0.224 e. The Balaban J connectivity index is 1.92. The Morgan fingerprint density at radius 2 is 2.06 bits per heavy atom. The van der Waals surface area contributed by atoms with E-state index in [1.165, 1.54) is 30.4 Å². The molecule has 1 aliphatic rings. The van der Waals surface area contributed by atoms with Crippen LogP contribution in [0.3, 0.4) is 0 Å². The Morgan fingerprint density at radius 3 is 2.82 bits per heavy atom. The highest BCUT2D eigenvalue weighted by Gasteiger charge is 2.12. The molecule has 0 atom stereocenters. The summed E-state index contributed by atoms with van der Waals surface area (Å²) in [6.07, 6.45) is 4.16. The lowest BCUT2D eigenvalue weighted by Crippen LogP contribution is -2.28. The van der Waals surface area contributed by atoms with Gasteiger partial charge in [0.05, 0.1) is 6.42 Å². The lowest BCUT2D eigenvalue weighted by molar-refractivity contribution is -0.120. The summed E-state index contributed by atoms with van der Waals surface area (Å²) in [5.41, 5.74) is 4.06. The minimum Gasteiger partial charge on any atom is -0.356 e. The molecule has 1 N–H and O–H groups in total. The number of hydrogen-bond acceptors (Lipinski definition) is 1. The van der Waals surface area contributed by atoms with Gasteiger partial charge in [-0.25, -0.2) is 0 Å². The Hall–Kier alpha value is -1.31. The highest BCUT2D eigenvalue weighted by atomic mass is 16.1. The van der Waals surface area contributed by atoms with E-state index in [1.807, 2.05) is 0 Å². The van der Waals surface area contributed by atoms with Crippen LogP contribution in [0.2, 0.25) is 0 Å². The summed E-state index contributed by atoms with van der Waals surface area (Å²) in [5, 5.41) is 2.96. The van der Waals surface area contributed by atoms with E-state index in [-0.39, 0.29) is 5.91 Å². The maximum absolute atomic E-state index is 11.7. The number of carbonyl (C=O) groups is 1. The van der Waals surface area contributed by atoms with Crippen LogP contribution in [0.25, 0.3) is 0 Å². The maximum Gasteiger partial charge on any atom is 0.224 e. The van der Waals surface area contributed by atoms with Crippen molar-refractivity contribution in [1.29, 1.82) is 0 Å². The maximum atomic E-state index is 11.7. The van der Waals surface area contributed by atoms with Crippen molar-refractivity contribution in [2.45, 2.75) is 39.5 Å². The molecular weight excluding hydrogens is 210 g/mol. The molecule has 0 radical (unpaired) electrons. The van der Waals surface area contributed by atoms with Gasteiger partial charge in [-0.1, -0.05) is 32.0 Å². The van der Waals surface area contributed by atoms with Crippen molar-refractivity contribution < 1.29 is 4.79 Å². The highest BCUT2D eigenvalue weighted by Crippen LogP contribution is 2.22. The van der Waals surface area contributed by atoms with Crippen molar-refractivity contribution in [3.8, 4) is 0 Å². The van der Waals surface area contributed by atoms with E-state index in [0.29, 0.717) is 12.3 Å². The predicted octanol–water partition coefficient (Wildman–Crippen LogP) is 2.49. The second kappa shape index (κ2) is 5.35. The van der Waals surface area contributed by atoms with Gasteiger partial charge in [0.15, 0.2) is 0 Å². The molecule has 0 aliphatic heterocycles. The third-order valence-corrected chi connectivity index (χ3v) is 3.24. The van der Waals surface area contributed by atoms with E-state index >= 15 is 0 Å². The number of aryl methyl sites for hydroxylation is 2. The van der Waals surface area contributed by atoms with Gasteiger partial charge in [-0.05, 0) is 41.9 Å². The molecule has 1 aromatic carbocycles. The van der Waals surface area contributed by atoms with Crippen LogP contribution in [0.5, 0.6) is 0 Å². The van der Waals surface area contributed by atoms with E-state index in [4.69, 9.17) is 0 Å². The molecule has 0 saturated carbocycles. The van der Waals surface area contributed by atoms with Crippen molar-refractivity contribution in [3.05, 3.63) is 34.9 Å². The second-order valence-electron chi connectivity index (χ2n) is 5.33. The van der Waals surface area contributed by atoms with Gasteiger partial charge in [0.1, 0.15) is 0 Å². The Bertz CT molecular complexity index is 409. The molecule has 0 spiro atoms. The molecule has 17 heavy (non-hydrogen) atoms. The average molecular weight is 231 g/mol. The molecular formula is C15H21NO. The normalized spacial score (nSPS) is 13.8. The summed E-state index contributed by atoms with van der Waals surface area (Å²) < 4.78 is 0. The van der Waals surface area contributed by atoms with Crippen LogP contribution in [0, 0.1) is 5.92 Å². The summed E-state index contributed by atoms with van der Waals surface area (Å²) in [7, 11) is 0. The van der Waals surface area contributed by atoms with E-state index in [0.717, 1.165) is 12.1 Å². The van der Waals surface area contributed by atoms with E-state index in [2.05, 4.69) is 37.4 Å². The fourth-order valence-electron chi connectivity index (χ4n) is 2.30. The van der Waals surface area contributed by atoms with Crippen LogP contribution in [-0.2, 0) is 24.1 Å². The predicted molar refractivity (Wildman–Crippen MR) is 70.0 cm³/mol. The average Bonchev–Trinajstić information content (AvgIpc) is 2.73. The zero-order valence-corrected chi connectivity index (χ0v) is 10.8. The lowest BCUT2D eigenvalue weighted by Gasteiger charge is -2.08. The topological polar surface area (TPSA) is 29.1 Å². The molecule has 0 fully saturated rings. The molecule has 92 valence electrons. The van der Waals surface area contributed by atoms with Gasteiger partial charge in [0.25, 0.3) is 0 Å². The van der Waals surface area contributed by atoms with Crippen LogP contribution < -0.4 is 5.32 Å². The van der Waals surface area contributed by atoms with Gasteiger partial charge in [0.2, 0.25) is 5.91 Å². The van der Waals surface area contributed by atoms with E-state index < -0.39 is 0 Å².